The van der Waals surface area contributed by atoms with Gasteiger partial charge in [0.05, 0.1) is 34.9 Å². The number of benzene rings is 2. The lowest BCUT2D eigenvalue weighted by molar-refractivity contribution is -0.169. The SMILES string of the molecule is CC1c2ccc(NC(=O)C(Br)c3ccc(C(F)(F)F)cc3)c(O)c2C(O)=C2C(=O)[C@]3(O)C(O)=C(C(N)=O)C(=O)[C@@H](N(C)C)C3C(O)C21. The predicted octanol–water partition coefficient (Wildman–Crippen LogP) is 2.59. The van der Waals surface area contributed by atoms with Crippen molar-refractivity contribution in [3.63, 3.8) is 0 Å². The van der Waals surface area contributed by atoms with E-state index >= 15 is 0 Å². The molecule has 0 bridgehead atoms. The maximum absolute atomic E-state index is 14.1. The van der Waals surface area contributed by atoms with E-state index in [4.69, 9.17) is 5.73 Å². The van der Waals surface area contributed by atoms with Crippen LogP contribution in [0.5, 0.6) is 5.75 Å². The van der Waals surface area contributed by atoms with Crippen LogP contribution in [-0.4, -0.2) is 85.7 Å². The number of ketones is 2. The lowest BCUT2D eigenvalue weighted by atomic mass is 9.54. The number of carbonyl (C=O) groups excluding carboxylic acids is 4. The normalized spacial score (nSPS) is 28.1. The van der Waals surface area contributed by atoms with Crippen LogP contribution in [0.15, 0.2) is 53.3 Å². The fourth-order valence-electron chi connectivity index (χ4n) is 6.91. The Hall–Kier alpha value is -4.25. The average molecular weight is 724 g/mol. The van der Waals surface area contributed by atoms with E-state index in [0.717, 1.165) is 24.3 Å². The first-order valence-electron chi connectivity index (χ1n) is 14.1. The molecule has 0 aliphatic heterocycles. The number of hydrogen-bond acceptors (Lipinski definition) is 10. The van der Waals surface area contributed by atoms with Gasteiger partial charge in [0.25, 0.3) is 5.91 Å². The summed E-state index contributed by atoms with van der Waals surface area (Å²) < 4.78 is 38.9. The number of aliphatic hydroxyl groups is 4. The van der Waals surface area contributed by atoms with E-state index < -0.39 is 104 Å². The minimum absolute atomic E-state index is 0.157. The second-order valence-electron chi connectivity index (χ2n) is 11.9. The highest BCUT2D eigenvalue weighted by Gasteiger charge is 2.68. The maximum atomic E-state index is 14.1. The number of halogens is 4. The second-order valence-corrected chi connectivity index (χ2v) is 12.9. The first kappa shape index (κ1) is 34.1. The van der Waals surface area contributed by atoms with Crippen LogP contribution in [0, 0.1) is 11.8 Å². The number of amides is 2. The molecule has 250 valence electrons. The zero-order chi connectivity index (χ0) is 35.1. The molecule has 7 atom stereocenters. The summed E-state index contributed by atoms with van der Waals surface area (Å²) in [4.78, 5) is 52.7. The highest BCUT2D eigenvalue weighted by atomic mass is 79.9. The van der Waals surface area contributed by atoms with Gasteiger partial charge in [-0.1, -0.05) is 41.1 Å². The van der Waals surface area contributed by atoms with Crippen LogP contribution in [0.2, 0.25) is 0 Å². The number of Topliss-reactive ketones (excluding diaryl/α,β-unsaturated/α-hetero) is 2. The number of likely N-dealkylation sites (N-methyl/N-ethyl adjacent to an activating group) is 1. The Bertz CT molecular complexity index is 1790. The number of phenolic OH excluding ortho intramolecular Hbond substituents is 1. The molecule has 2 aromatic rings. The van der Waals surface area contributed by atoms with E-state index in [1.54, 1.807) is 6.92 Å². The van der Waals surface area contributed by atoms with Crippen LogP contribution < -0.4 is 11.1 Å². The molecule has 5 unspecified atom stereocenters. The Morgan fingerprint density at radius 2 is 1.66 bits per heavy atom. The van der Waals surface area contributed by atoms with Crippen molar-refractivity contribution in [1.29, 1.82) is 0 Å². The molecule has 8 N–H and O–H groups in total. The maximum Gasteiger partial charge on any atom is 0.416 e. The van der Waals surface area contributed by atoms with E-state index in [1.165, 1.54) is 31.1 Å². The van der Waals surface area contributed by atoms with Crippen LogP contribution >= 0.6 is 15.9 Å². The number of primary amides is 1. The van der Waals surface area contributed by atoms with Gasteiger partial charge in [-0.15, -0.1) is 0 Å². The van der Waals surface area contributed by atoms with Gasteiger partial charge >= 0.3 is 6.18 Å². The largest absolute Gasteiger partial charge is 0.508 e. The van der Waals surface area contributed by atoms with Gasteiger partial charge in [-0.2, -0.15) is 13.2 Å². The monoisotopic (exact) mass is 723 g/mol. The molecular weight excluding hydrogens is 695 g/mol. The van der Waals surface area contributed by atoms with E-state index in [9.17, 15) is 57.9 Å². The van der Waals surface area contributed by atoms with Crippen molar-refractivity contribution in [2.45, 2.75) is 41.6 Å². The molecule has 1 saturated carbocycles. The third-order valence-corrected chi connectivity index (χ3v) is 10.1. The summed E-state index contributed by atoms with van der Waals surface area (Å²) in [6.45, 7) is 1.55. The summed E-state index contributed by atoms with van der Waals surface area (Å²) in [6.07, 6.45) is -6.36. The molecule has 0 spiro atoms. The first-order valence-corrected chi connectivity index (χ1v) is 15.0. The Morgan fingerprint density at radius 1 is 1.06 bits per heavy atom. The first-order chi connectivity index (χ1) is 21.8. The highest BCUT2D eigenvalue weighted by Crippen LogP contribution is 2.56. The van der Waals surface area contributed by atoms with Crippen molar-refractivity contribution in [3.05, 3.63) is 75.6 Å². The zero-order valence-corrected chi connectivity index (χ0v) is 26.4. The van der Waals surface area contributed by atoms with Crippen molar-refractivity contribution < 1.29 is 57.9 Å². The number of carbonyl (C=O) groups is 4. The van der Waals surface area contributed by atoms with Crippen LogP contribution in [0.4, 0.5) is 18.9 Å². The Kier molecular flexibility index (Phi) is 8.32. The number of nitrogens with zero attached hydrogens (tertiary/aromatic N) is 1. The molecule has 3 aliphatic carbocycles. The quantitative estimate of drug-likeness (QED) is 0.136. The van der Waals surface area contributed by atoms with Gasteiger partial charge in [0.1, 0.15) is 27.7 Å². The van der Waals surface area contributed by atoms with Gasteiger partial charge in [0.15, 0.2) is 11.4 Å². The topological polar surface area (TPSA) is 211 Å². The third-order valence-electron chi connectivity index (χ3n) is 9.15. The van der Waals surface area contributed by atoms with Crippen LogP contribution in [-0.2, 0) is 25.4 Å². The lowest BCUT2D eigenvalue weighted by Gasteiger charge is -2.53. The number of nitrogens with one attached hydrogen (secondary N) is 1. The van der Waals surface area contributed by atoms with Crippen LogP contribution in [0.3, 0.4) is 0 Å². The smallest absolute Gasteiger partial charge is 0.416 e. The van der Waals surface area contributed by atoms with E-state index in [-0.39, 0.29) is 22.4 Å². The van der Waals surface area contributed by atoms with Crippen molar-refractivity contribution in [1.82, 2.24) is 4.90 Å². The van der Waals surface area contributed by atoms with Crippen molar-refractivity contribution in [2.24, 2.45) is 17.6 Å². The Labute approximate surface area is 273 Å². The molecule has 0 radical (unpaired) electrons. The molecule has 47 heavy (non-hydrogen) atoms. The average Bonchev–Trinajstić information content (AvgIpc) is 2.99. The highest BCUT2D eigenvalue weighted by molar-refractivity contribution is 9.09. The zero-order valence-electron chi connectivity index (χ0n) is 24.8. The molecule has 1 fully saturated rings. The van der Waals surface area contributed by atoms with Gasteiger partial charge in [0.2, 0.25) is 11.7 Å². The van der Waals surface area contributed by atoms with Crippen LogP contribution in [0.25, 0.3) is 5.76 Å². The number of alkyl halides is 4. The minimum Gasteiger partial charge on any atom is -0.508 e. The summed E-state index contributed by atoms with van der Waals surface area (Å²) >= 11 is 3.12. The fourth-order valence-corrected chi connectivity index (χ4v) is 7.33. The predicted molar refractivity (Wildman–Crippen MR) is 162 cm³/mol. The standard InChI is InChI=1S/C31H29BrF3N3O9/c1-10-13-8-9-14(37-29(46)20(32)11-4-6-12(7-5-11)31(33,34)35)22(39)16(13)23(40)17-15(10)24(41)19-21(38(2)3)25(42)18(28(36)45)27(44)30(19,47)26(17)43/h4-10,15,19-21,24,39-41,44,47H,1-3H3,(H2,36,45)(H,37,46)/t10?,15?,19?,20?,21-,24?,30-/m0/s1. The van der Waals surface area contributed by atoms with E-state index in [0.29, 0.717) is 0 Å². The number of aromatic hydroxyl groups is 1. The number of fused-ring (bicyclic) bond motifs is 3. The molecule has 0 heterocycles. The number of phenols is 1. The minimum atomic E-state index is -4.59. The number of nitrogens with two attached hydrogens (primary N) is 1. The molecule has 0 saturated heterocycles. The van der Waals surface area contributed by atoms with Gasteiger partial charge in [0, 0.05) is 11.5 Å². The molecular formula is C31H29BrF3N3O9. The molecule has 16 heteroatoms. The molecule has 5 rings (SSSR count). The number of aliphatic hydroxyl groups excluding tert-OH is 3. The molecule has 3 aliphatic rings. The fraction of sp³-hybridized carbons (Fsp3) is 0.355. The molecule has 2 aromatic carbocycles. The van der Waals surface area contributed by atoms with E-state index in [1.807, 2.05) is 0 Å². The van der Waals surface area contributed by atoms with Crippen molar-refractivity contribution in [2.75, 3.05) is 19.4 Å². The van der Waals surface area contributed by atoms with Gasteiger partial charge in [-0.3, -0.25) is 24.1 Å². The van der Waals surface area contributed by atoms with Crippen LogP contribution in [0.1, 0.15) is 39.9 Å². The Morgan fingerprint density at radius 3 is 2.19 bits per heavy atom. The third kappa shape index (κ3) is 5.01. The van der Waals surface area contributed by atoms with Gasteiger partial charge < -0.3 is 36.6 Å². The van der Waals surface area contributed by atoms with Crippen molar-refractivity contribution >= 4 is 50.8 Å². The van der Waals surface area contributed by atoms with Gasteiger partial charge in [-0.25, -0.2) is 0 Å². The Balaban J connectivity index is 1.58. The molecule has 12 nitrogen and oxygen atoms in total. The molecule has 2 amide bonds. The van der Waals surface area contributed by atoms with Crippen molar-refractivity contribution in [3.8, 4) is 5.75 Å². The summed E-state index contributed by atoms with van der Waals surface area (Å²) in [5, 5.41) is 59.6. The lowest BCUT2D eigenvalue weighted by Crippen LogP contribution is -2.70. The summed E-state index contributed by atoms with van der Waals surface area (Å²) in [5.41, 5.74) is -0.595. The second kappa shape index (κ2) is 11.5. The number of anilines is 1. The number of rotatable bonds is 5. The summed E-state index contributed by atoms with van der Waals surface area (Å²) in [7, 11) is 2.79. The number of hydrogen-bond donors (Lipinski definition) is 7. The van der Waals surface area contributed by atoms with E-state index in [2.05, 4.69) is 21.2 Å². The molecule has 0 aromatic heterocycles. The van der Waals surface area contributed by atoms with Gasteiger partial charge in [-0.05, 0) is 49.3 Å². The summed E-state index contributed by atoms with van der Waals surface area (Å²) in [5.74, 6) is -11.5. The summed E-state index contributed by atoms with van der Waals surface area (Å²) in [6, 6.07) is 4.97.